The van der Waals surface area contributed by atoms with Crippen LogP contribution in [-0.2, 0) is 6.54 Å². The van der Waals surface area contributed by atoms with Gasteiger partial charge in [-0.3, -0.25) is 4.90 Å². The lowest BCUT2D eigenvalue weighted by Gasteiger charge is -2.33. The van der Waals surface area contributed by atoms with E-state index >= 15 is 0 Å². The standard InChI is InChI=1S/C13H20ClN/c1-11-5-7-12(8-6-11)9-15(4)13(2,3)10-14/h5-8H,9-10H2,1-4H3. The number of rotatable bonds is 4. The quantitative estimate of drug-likeness (QED) is 0.710. The summed E-state index contributed by atoms with van der Waals surface area (Å²) < 4.78 is 0. The van der Waals surface area contributed by atoms with Gasteiger partial charge in [-0.15, -0.1) is 11.6 Å². The molecule has 15 heavy (non-hydrogen) atoms. The molecule has 0 bridgehead atoms. The lowest BCUT2D eigenvalue weighted by atomic mass is 10.0. The summed E-state index contributed by atoms with van der Waals surface area (Å²) in [6.45, 7) is 7.37. The molecule has 1 rings (SSSR count). The maximum absolute atomic E-state index is 5.94. The molecule has 0 unspecified atom stereocenters. The van der Waals surface area contributed by atoms with Gasteiger partial charge in [0.25, 0.3) is 0 Å². The van der Waals surface area contributed by atoms with Crippen molar-refractivity contribution >= 4 is 11.6 Å². The van der Waals surface area contributed by atoms with Gasteiger partial charge in [0, 0.05) is 18.0 Å². The number of aryl methyl sites for hydroxylation is 1. The minimum Gasteiger partial charge on any atom is -0.296 e. The molecule has 1 aromatic rings. The Hall–Kier alpha value is -0.530. The van der Waals surface area contributed by atoms with E-state index in [9.17, 15) is 0 Å². The molecule has 0 aliphatic carbocycles. The predicted molar refractivity (Wildman–Crippen MR) is 67.4 cm³/mol. The fourth-order valence-corrected chi connectivity index (χ4v) is 1.49. The molecule has 0 fully saturated rings. The van der Waals surface area contributed by atoms with Gasteiger partial charge in [-0.1, -0.05) is 29.8 Å². The average molecular weight is 226 g/mol. The fraction of sp³-hybridized carbons (Fsp3) is 0.538. The highest BCUT2D eigenvalue weighted by atomic mass is 35.5. The molecular weight excluding hydrogens is 206 g/mol. The minimum absolute atomic E-state index is 0.0481. The number of nitrogens with zero attached hydrogens (tertiary/aromatic N) is 1. The molecule has 0 radical (unpaired) electrons. The first kappa shape index (κ1) is 12.5. The van der Waals surface area contributed by atoms with Crippen LogP contribution in [0.5, 0.6) is 0 Å². The lowest BCUT2D eigenvalue weighted by molar-refractivity contribution is 0.171. The van der Waals surface area contributed by atoms with E-state index in [-0.39, 0.29) is 5.54 Å². The van der Waals surface area contributed by atoms with E-state index in [1.54, 1.807) is 0 Å². The van der Waals surface area contributed by atoms with Crippen molar-refractivity contribution in [3.63, 3.8) is 0 Å². The molecule has 0 amide bonds. The van der Waals surface area contributed by atoms with Crippen molar-refractivity contribution in [3.8, 4) is 0 Å². The Morgan fingerprint density at radius 3 is 2.20 bits per heavy atom. The van der Waals surface area contributed by atoms with Crippen LogP contribution in [-0.4, -0.2) is 23.4 Å². The second-order valence-corrected chi connectivity index (χ2v) is 5.05. The topological polar surface area (TPSA) is 3.24 Å². The van der Waals surface area contributed by atoms with Gasteiger partial charge < -0.3 is 0 Å². The van der Waals surface area contributed by atoms with Crippen molar-refractivity contribution in [2.45, 2.75) is 32.9 Å². The Kier molecular flexibility index (Phi) is 4.18. The van der Waals surface area contributed by atoms with Crippen LogP contribution in [0.2, 0.25) is 0 Å². The molecule has 0 spiro atoms. The molecule has 2 heteroatoms. The van der Waals surface area contributed by atoms with Crippen molar-refractivity contribution in [3.05, 3.63) is 35.4 Å². The normalized spacial score (nSPS) is 12.1. The van der Waals surface area contributed by atoms with Gasteiger partial charge in [0.15, 0.2) is 0 Å². The van der Waals surface area contributed by atoms with E-state index in [1.165, 1.54) is 11.1 Å². The van der Waals surface area contributed by atoms with E-state index in [2.05, 4.69) is 57.0 Å². The molecule has 0 aromatic heterocycles. The molecule has 0 saturated carbocycles. The number of hydrogen-bond donors (Lipinski definition) is 0. The number of hydrogen-bond acceptors (Lipinski definition) is 1. The summed E-state index contributed by atoms with van der Waals surface area (Å²) in [4.78, 5) is 2.28. The predicted octanol–water partition coefficient (Wildman–Crippen LogP) is 3.44. The van der Waals surface area contributed by atoms with E-state index in [0.29, 0.717) is 5.88 Å². The molecule has 0 atom stereocenters. The summed E-state index contributed by atoms with van der Waals surface area (Å²) in [7, 11) is 2.11. The highest BCUT2D eigenvalue weighted by molar-refractivity contribution is 6.18. The lowest BCUT2D eigenvalue weighted by Crippen LogP contribution is -2.42. The van der Waals surface area contributed by atoms with Crippen LogP contribution in [0.3, 0.4) is 0 Å². The van der Waals surface area contributed by atoms with Gasteiger partial charge in [-0.2, -0.15) is 0 Å². The summed E-state index contributed by atoms with van der Waals surface area (Å²) >= 11 is 5.94. The maximum Gasteiger partial charge on any atom is 0.0402 e. The van der Waals surface area contributed by atoms with Crippen LogP contribution in [0, 0.1) is 6.92 Å². The summed E-state index contributed by atoms with van der Waals surface area (Å²) in [6.07, 6.45) is 0. The monoisotopic (exact) mass is 225 g/mol. The second kappa shape index (κ2) is 5.00. The van der Waals surface area contributed by atoms with Crippen molar-refractivity contribution in [1.29, 1.82) is 0 Å². The van der Waals surface area contributed by atoms with Crippen molar-refractivity contribution in [2.24, 2.45) is 0 Å². The molecule has 1 nitrogen and oxygen atoms in total. The summed E-state index contributed by atoms with van der Waals surface area (Å²) in [5.74, 6) is 0.648. The van der Waals surface area contributed by atoms with Crippen LogP contribution in [0.15, 0.2) is 24.3 Å². The third-order valence-electron chi connectivity index (χ3n) is 2.90. The zero-order chi connectivity index (χ0) is 11.5. The van der Waals surface area contributed by atoms with Gasteiger partial charge in [-0.05, 0) is 33.4 Å². The third kappa shape index (κ3) is 3.51. The molecule has 84 valence electrons. The van der Waals surface area contributed by atoms with Gasteiger partial charge in [0.1, 0.15) is 0 Å². The molecule has 0 aliphatic heterocycles. The maximum atomic E-state index is 5.94. The Balaban J connectivity index is 2.66. The third-order valence-corrected chi connectivity index (χ3v) is 3.55. The number of halogens is 1. The Morgan fingerprint density at radius 2 is 1.73 bits per heavy atom. The van der Waals surface area contributed by atoms with Gasteiger partial charge in [0.2, 0.25) is 0 Å². The molecule has 1 aromatic carbocycles. The Morgan fingerprint density at radius 1 is 1.20 bits per heavy atom. The van der Waals surface area contributed by atoms with Gasteiger partial charge in [-0.25, -0.2) is 0 Å². The average Bonchev–Trinajstić information content (AvgIpc) is 2.21. The highest BCUT2D eigenvalue weighted by Crippen LogP contribution is 2.17. The molecular formula is C13H20ClN. The van der Waals surface area contributed by atoms with Crippen molar-refractivity contribution < 1.29 is 0 Å². The summed E-state index contributed by atoms with van der Waals surface area (Å²) in [6, 6.07) is 8.65. The largest absolute Gasteiger partial charge is 0.296 e. The van der Waals surface area contributed by atoms with Crippen molar-refractivity contribution in [2.75, 3.05) is 12.9 Å². The fourth-order valence-electron chi connectivity index (χ4n) is 1.28. The van der Waals surface area contributed by atoms with Gasteiger partial charge in [0.05, 0.1) is 0 Å². The van der Waals surface area contributed by atoms with E-state index in [1.807, 2.05) is 0 Å². The highest BCUT2D eigenvalue weighted by Gasteiger charge is 2.21. The van der Waals surface area contributed by atoms with Crippen LogP contribution in [0.25, 0.3) is 0 Å². The van der Waals surface area contributed by atoms with E-state index in [4.69, 9.17) is 11.6 Å². The molecule has 0 aliphatic rings. The minimum atomic E-state index is 0.0481. The molecule has 0 heterocycles. The van der Waals surface area contributed by atoms with Gasteiger partial charge >= 0.3 is 0 Å². The second-order valence-electron chi connectivity index (χ2n) is 4.79. The zero-order valence-corrected chi connectivity index (χ0v) is 10.8. The van der Waals surface area contributed by atoms with Crippen LogP contribution in [0.1, 0.15) is 25.0 Å². The Labute approximate surface area is 98.0 Å². The van der Waals surface area contributed by atoms with Crippen LogP contribution < -0.4 is 0 Å². The number of benzene rings is 1. The molecule has 0 saturated heterocycles. The van der Waals surface area contributed by atoms with Crippen LogP contribution in [0.4, 0.5) is 0 Å². The molecule has 0 N–H and O–H groups in total. The first-order chi connectivity index (χ1) is 6.95. The zero-order valence-electron chi connectivity index (χ0n) is 10.0. The van der Waals surface area contributed by atoms with Crippen molar-refractivity contribution in [1.82, 2.24) is 4.90 Å². The Bertz CT molecular complexity index is 303. The number of alkyl halides is 1. The van der Waals surface area contributed by atoms with Crippen LogP contribution >= 0.6 is 11.6 Å². The first-order valence-corrected chi connectivity index (χ1v) is 5.82. The SMILES string of the molecule is Cc1ccc(CN(C)C(C)(C)CCl)cc1. The van der Waals surface area contributed by atoms with E-state index < -0.39 is 0 Å². The summed E-state index contributed by atoms with van der Waals surface area (Å²) in [5, 5.41) is 0. The summed E-state index contributed by atoms with van der Waals surface area (Å²) in [5.41, 5.74) is 2.69. The van der Waals surface area contributed by atoms with E-state index in [0.717, 1.165) is 6.54 Å². The first-order valence-electron chi connectivity index (χ1n) is 5.28. The smallest absolute Gasteiger partial charge is 0.0402 e.